The summed E-state index contributed by atoms with van der Waals surface area (Å²) in [5.41, 5.74) is 24.5. The molecule has 8 nitrogen and oxygen atoms in total. The Morgan fingerprint density at radius 3 is 1.57 bits per heavy atom. The Hall–Kier alpha value is -2.61. The van der Waals surface area contributed by atoms with E-state index < -0.39 is 0 Å². The van der Waals surface area contributed by atoms with Gasteiger partial charge >= 0.3 is 0 Å². The van der Waals surface area contributed by atoms with Gasteiger partial charge in [-0.1, -0.05) is 31.2 Å². The van der Waals surface area contributed by atoms with Crippen molar-refractivity contribution in [3.05, 3.63) is 35.4 Å². The summed E-state index contributed by atoms with van der Waals surface area (Å²) in [5.74, 6) is -0.313. The van der Waals surface area contributed by atoms with Gasteiger partial charge in [-0.05, 0) is 0 Å². The topological polar surface area (TPSA) is 154 Å². The van der Waals surface area contributed by atoms with E-state index in [-0.39, 0.29) is 30.2 Å². The molecule has 1 aromatic rings. The van der Waals surface area contributed by atoms with E-state index in [1.54, 1.807) is 0 Å². The quantitative estimate of drug-likeness (QED) is 0.337. The lowest BCUT2D eigenvalue weighted by Gasteiger charge is -2.03. The molecule has 0 radical (unpaired) electrons. The molecule has 21 heavy (non-hydrogen) atoms. The fraction of sp³-hybridized carbons (Fsp3) is 0.167. The van der Waals surface area contributed by atoms with Crippen LogP contribution in [-0.4, -0.2) is 23.3 Å². The monoisotopic (exact) mass is 308 g/mol. The van der Waals surface area contributed by atoms with Crippen LogP contribution in [0.4, 0.5) is 0 Å². The molecule has 0 spiro atoms. The predicted molar refractivity (Wildman–Crippen MR) is 87.5 cm³/mol. The summed E-state index contributed by atoms with van der Waals surface area (Å²) in [6.45, 7) is 1.93. The van der Waals surface area contributed by atoms with Crippen LogP contribution < -0.4 is 22.9 Å². The minimum atomic E-state index is -0.112. The summed E-state index contributed by atoms with van der Waals surface area (Å²) in [6, 6.07) is 7.65. The molecular formula is C12H17ClN8. The van der Waals surface area contributed by atoms with Crippen molar-refractivity contribution in [1.29, 1.82) is 0 Å². The van der Waals surface area contributed by atoms with Crippen LogP contribution in [0.3, 0.4) is 0 Å². The maximum atomic E-state index is 5.30. The van der Waals surface area contributed by atoms with Gasteiger partial charge in [0.2, 0.25) is 11.9 Å². The average molecular weight is 309 g/mol. The summed E-state index contributed by atoms with van der Waals surface area (Å²) in [4.78, 5) is 0. The minimum Gasteiger partial charge on any atom is -0.369 e. The number of nitrogens with zero attached hydrogens (tertiary/aromatic N) is 4. The molecule has 0 atom stereocenters. The third kappa shape index (κ3) is 3.48. The lowest BCUT2D eigenvalue weighted by Crippen LogP contribution is -2.23. The van der Waals surface area contributed by atoms with Crippen molar-refractivity contribution in [2.45, 2.75) is 6.92 Å². The first kappa shape index (κ1) is 16.4. The lowest BCUT2D eigenvalue weighted by molar-refractivity contribution is 1.03. The van der Waals surface area contributed by atoms with Crippen LogP contribution in [-0.2, 0) is 0 Å². The molecule has 1 aliphatic rings. The van der Waals surface area contributed by atoms with E-state index in [1.165, 1.54) is 0 Å². The number of hydrogen-bond donors (Lipinski definition) is 4. The van der Waals surface area contributed by atoms with Crippen molar-refractivity contribution in [3.8, 4) is 0 Å². The SMILES string of the molecule is CC1/C(=N\N=C(N)N)c2ccccc2/C1=N/N=C(N)N.Cl. The van der Waals surface area contributed by atoms with Gasteiger partial charge in [0, 0.05) is 17.0 Å². The van der Waals surface area contributed by atoms with Gasteiger partial charge in [0.1, 0.15) is 0 Å². The standard InChI is InChI=1S/C12H16N8.ClH/c1-6-9(17-19-11(13)14)7-4-2-3-5-8(7)10(6)18-20-12(15)16;/h2-6H,1H3,(H4,13,14,19)(H4,15,16,20);1H/b17-9+,18-10+;. The van der Waals surface area contributed by atoms with Gasteiger partial charge in [-0.15, -0.1) is 22.6 Å². The average Bonchev–Trinajstić information content (AvgIpc) is 2.66. The smallest absolute Gasteiger partial charge is 0.211 e. The zero-order chi connectivity index (χ0) is 14.7. The normalized spacial score (nSPS) is 19.8. The van der Waals surface area contributed by atoms with Crippen LogP contribution in [0.25, 0.3) is 0 Å². The molecule has 0 aliphatic heterocycles. The molecule has 0 heterocycles. The van der Waals surface area contributed by atoms with Crippen molar-refractivity contribution in [3.63, 3.8) is 0 Å². The van der Waals surface area contributed by atoms with Gasteiger partial charge in [0.15, 0.2) is 0 Å². The Balaban J connectivity index is 0.00000220. The molecule has 0 fully saturated rings. The lowest BCUT2D eigenvalue weighted by atomic mass is 10.1. The first-order valence-electron chi connectivity index (χ1n) is 5.93. The van der Waals surface area contributed by atoms with Crippen LogP contribution in [0.1, 0.15) is 18.1 Å². The van der Waals surface area contributed by atoms with Crippen molar-refractivity contribution < 1.29 is 0 Å². The molecule has 8 N–H and O–H groups in total. The fourth-order valence-electron chi connectivity index (χ4n) is 2.03. The van der Waals surface area contributed by atoms with Gasteiger partial charge < -0.3 is 22.9 Å². The molecule has 9 heteroatoms. The highest BCUT2D eigenvalue weighted by molar-refractivity contribution is 6.29. The molecule has 112 valence electrons. The molecule has 0 saturated heterocycles. The Kier molecular flexibility index (Phi) is 5.25. The van der Waals surface area contributed by atoms with Crippen molar-refractivity contribution in [2.24, 2.45) is 49.3 Å². The highest BCUT2D eigenvalue weighted by Gasteiger charge is 2.31. The molecule has 0 amide bonds. The second kappa shape index (κ2) is 6.71. The summed E-state index contributed by atoms with van der Waals surface area (Å²) in [5, 5.41) is 15.6. The Labute approximate surface area is 128 Å². The number of halogens is 1. The van der Waals surface area contributed by atoms with E-state index in [4.69, 9.17) is 22.9 Å². The van der Waals surface area contributed by atoms with E-state index in [1.807, 2.05) is 31.2 Å². The first-order valence-corrected chi connectivity index (χ1v) is 5.93. The molecule has 0 aromatic heterocycles. The number of benzene rings is 1. The third-order valence-corrected chi connectivity index (χ3v) is 2.85. The second-order valence-electron chi connectivity index (χ2n) is 4.29. The number of guanidine groups is 2. The van der Waals surface area contributed by atoms with Crippen molar-refractivity contribution in [1.82, 2.24) is 0 Å². The maximum Gasteiger partial charge on any atom is 0.211 e. The van der Waals surface area contributed by atoms with Gasteiger partial charge in [-0.2, -0.15) is 10.2 Å². The van der Waals surface area contributed by atoms with Crippen LogP contribution in [0.2, 0.25) is 0 Å². The molecule has 1 aromatic carbocycles. The Morgan fingerprint density at radius 2 is 1.24 bits per heavy atom. The second-order valence-corrected chi connectivity index (χ2v) is 4.29. The number of nitrogens with two attached hydrogens (primary N) is 4. The minimum absolute atomic E-state index is 0. The summed E-state index contributed by atoms with van der Waals surface area (Å²) in [6.07, 6.45) is 0. The highest BCUT2D eigenvalue weighted by atomic mass is 35.5. The van der Waals surface area contributed by atoms with Crippen LogP contribution in [0.5, 0.6) is 0 Å². The molecule has 2 rings (SSSR count). The summed E-state index contributed by atoms with van der Waals surface area (Å²) >= 11 is 0. The van der Waals surface area contributed by atoms with Crippen LogP contribution >= 0.6 is 12.4 Å². The van der Waals surface area contributed by atoms with Gasteiger partial charge in [0.25, 0.3) is 0 Å². The molecule has 1 aliphatic carbocycles. The highest BCUT2D eigenvalue weighted by Crippen LogP contribution is 2.28. The van der Waals surface area contributed by atoms with E-state index in [2.05, 4.69) is 20.4 Å². The number of hydrogen-bond acceptors (Lipinski definition) is 4. The Bertz CT molecular complexity index is 583. The summed E-state index contributed by atoms with van der Waals surface area (Å²) in [7, 11) is 0. The molecule has 0 bridgehead atoms. The zero-order valence-corrected chi connectivity index (χ0v) is 12.2. The summed E-state index contributed by atoms with van der Waals surface area (Å²) < 4.78 is 0. The van der Waals surface area contributed by atoms with Crippen LogP contribution in [0, 0.1) is 5.92 Å². The van der Waals surface area contributed by atoms with Gasteiger partial charge in [-0.25, -0.2) is 0 Å². The zero-order valence-electron chi connectivity index (χ0n) is 11.4. The first-order chi connectivity index (χ1) is 9.50. The van der Waals surface area contributed by atoms with E-state index in [0.717, 1.165) is 22.6 Å². The van der Waals surface area contributed by atoms with E-state index in [9.17, 15) is 0 Å². The molecule has 0 saturated carbocycles. The maximum absolute atomic E-state index is 5.30. The van der Waals surface area contributed by atoms with E-state index in [0.29, 0.717) is 0 Å². The number of rotatable bonds is 2. The largest absolute Gasteiger partial charge is 0.369 e. The van der Waals surface area contributed by atoms with Gasteiger partial charge in [-0.3, -0.25) is 0 Å². The molecular weight excluding hydrogens is 292 g/mol. The van der Waals surface area contributed by atoms with E-state index >= 15 is 0 Å². The Morgan fingerprint density at radius 1 is 0.857 bits per heavy atom. The number of fused-ring (bicyclic) bond motifs is 1. The predicted octanol–water partition coefficient (Wildman–Crippen LogP) is -0.287. The molecule has 0 unspecified atom stereocenters. The van der Waals surface area contributed by atoms with Crippen molar-refractivity contribution in [2.75, 3.05) is 0 Å². The van der Waals surface area contributed by atoms with Crippen molar-refractivity contribution >= 4 is 35.7 Å². The third-order valence-electron chi connectivity index (χ3n) is 2.85. The van der Waals surface area contributed by atoms with Gasteiger partial charge in [0.05, 0.1) is 11.4 Å². The van der Waals surface area contributed by atoms with Crippen LogP contribution in [0.15, 0.2) is 44.7 Å². The fourth-order valence-corrected chi connectivity index (χ4v) is 2.03.